The summed E-state index contributed by atoms with van der Waals surface area (Å²) >= 11 is 0. The Hall–Kier alpha value is -10.5. The van der Waals surface area contributed by atoms with Gasteiger partial charge in [-0.2, -0.15) is 0 Å². The van der Waals surface area contributed by atoms with Crippen LogP contribution in [0, 0.1) is 0 Å². The van der Waals surface area contributed by atoms with Crippen molar-refractivity contribution >= 4 is 43.6 Å². The van der Waals surface area contributed by atoms with E-state index in [1.165, 1.54) is 0 Å². The number of fused-ring (bicyclic) bond motifs is 20. The van der Waals surface area contributed by atoms with Crippen molar-refractivity contribution in [2.24, 2.45) is 0 Å². The Kier molecular flexibility index (Phi) is 12.2. The van der Waals surface area contributed by atoms with Gasteiger partial charge in [-0.1, -0.05) is 48.5 Å². The Morgan fingerprint density at radius 1 is 0.350 bits per heavy atom. The van der Waals surface area contributed by atoms with E-state index in [1.807, 2.05) is 121 Å². The molecule has 0 spiro atoms. The Labute approximate surface area is 455 Å². The van der Waals surface area contributed by atoms with Crippen LogP contribution in [0.5, 0.6) is 23.0 Å². The van der Waals surface area contributed by atoms with E-state index < -0.39 is 0 Å². The number of hydrogen-bond donors (Lipinski definition) is 2. The molecule has 394 valence electrons. The number of aromatic amines is 2. The Balaban J connectivity index is 1.10. The molecule has 13 rings (SSSR count). The first-order chi connectivity index (χ1) is 39.0. The van der Waals surface area contributed by atoms with Crippen molar-refractivity contribution in [2.75, 3.05) is 28.4 Å². The Morgan fingerprint density at radius 3 is 0.950 bits per heavy atom. The van der Waals surface area contributed by atoms with Crippen LogP contribution >= 0.6 is 0 Å². The zero-order valence-corrected chi connectivity index (χ0v) is 43.9. The molecular formula is C64H50N8O8. The second kappa shape index (κ2) is 19.8. The Bertz CT molecular complexity index is 4420. The molecule has 16 heteroatoms. The maximum Gasteiger partial charge on any atom is 0.261 e. The van der Waals surface area contributed by atoms with Gasteiger partial charge in [0.25, 0.3) is 22.2 Å². The number of pyridine rings is 4. The number of ether oxygens (including phenoxy) is 4. The van der Waals surface area contributed by atoms with Gasteiger partial charge < -0.3 is 47.2 Å². The monoisotopic (exact) mass is 1060 g/mol. The Morgan fingerprint density at radius 2 is 0.637 bits per heavy atom. The molecular weight excluding hydrogens is 1010 g/mol. The summed E-state index contributed by atoms with van der Waals surface area (Å²) < 4.78 is 28.2. The maximum atomic E-state index is 15.1. The van der Waals surface area contributed by atoms with Crippen molar-refractivity contribution in [1.29, 1.82) is 0 Å². The molecule has 0 unspecified atom stereocenters. The standard InChI is InChI=1S/C64H50N8O8/c1-77-41-13-5-37(6-14-41)33-69-25-21-45-49-30-54-59-47(23-27-71(63(59)75)35-39-9-17-43(79-3)18-10-39)51(67-54)32-56-60-48(24-28-72(64(60)76)36-40-11-19-44(80-4)20-12-40)52(68-56)31-55-58-46(50(66-55)29-53(65-49)57(45)61(69)73)22-26-70(62(58)74)34-38-7-15-42(78-2)16-8-38/h5-32,65,68H,33-36H2,1-4H3. The zero-order chi connectivity index (χ0) is 54.8. The summed E-state index contributed by atoms with van der Waals surface area (Å²) in [6.07, 6.45) is 7.02. The summed E-state index contributed by atoms with van der Waals surface area (Å²) in [6.45, 7) is 1.08. The number of aromatic nitrogens is 8. The molecule has 0 fully saturated rings. The first-order valence-electron chi connectivity index (χ1n) is 25.8. The van der Waals surface area contributed by atoms with Crippen LogP contribution in [-0.4, -0.2) is 66.6 Å². The van der Waals surface area contributed by atoms with E-state index >= 15 is 19.2 Å². The second-order valence-electron chi connectivity index (χ2n) is 19.8. The highest BCUT2D eigenvalue weighted by Crippen LogP contribution is 2.38. The molecule has 0 aliphatic carbocycles. The van der Waals surface area contributed by atoms with Crippen LogP contribution in [0.4, 0.5) is 0 Å². The van der Waals surface area contributed by atoms with Gasteiger partial charge in [-0.25, -0.2) is 9.97 Å². The van der Waals surface area contributed by atoms with Crippen molar-refractivity contribution in [1.82, 2.24) is 38.2 Å². The van der Waals surface area contributed by atoms with E-state index in [-0.39, 0.29) is 48.4 Å². The molecule has 2 aliphatic rings. The molecule has 7 aromatic heterocycles. The molecule has 0 saturated heterocycles. The van der Waals surface area contributed by atoms with Gasteiger partial charge >= 0.3 is 0 Å². The largest absolute Gasteiger partial charge is 0.497 e. The van der Waals surface area contributed by atoms with E-state index in [2.05, 4.69) is 9.97 Å². The van der Waals surface area contributed by atoms with Crippen LogP contribution in [-0.2, 0) is 26.2 Å². The van der Waals surface area contributed by atoms with Crippen molar-refractivity contribution in [3.8, 4) is 68.0 Å². The lowest BCUT2D eigenvalue weighted by Gasteiger charge is -2.09. The minimum atomic E-state index is -0.288. The van der Waals surface area contributed by atoms with Gasteiger partial charge in [0.15, 0.2) is 0 Å². The number of benzene rings is 4. The highest BCUT2D eigenvalue weighted by Gasteiger charge is 2.26. The molecule has 9 heterocycles. The minimum Gasteiger partial charge on any atom is -0.497 e. The van der Waals surface area contributed by atoms with Crippen LogP contribution in [0.2, 0.25) is 0 Å². The third kappa shape index (κ3) is 8.68. The van der Waals surface area contributed by atoms with E-state index in [4.69, 9.17) is 28.9 Å². The molecule has 0 amide bonds. The summed E-state index contributed by atoms with van der Waals surface area (Å²) in [7, 11) is 6.43. The fourth-order valence-corrected chi connectivity index (χ4v) is 10.9. The average Bonchev–Trinajstić information content (AvgIpc) is 4.25. The molecule has 0 radical (unpaired) electrons. The normalized spacial score (nSPS) is 11.7. The highest BCUT2D eigenvalue weighted by atomic mass is 16.5. The number of rotatable bonds is 12. The molecule has 0 atom stereocenters. The van der Waals surface area contributed by atoms with Crippen LogP contribution in [0.3, 0.4) is 0 Å². The van der Waals surface area contributed by atoms with Gasteiger partial charge in [-0.05, 0) is 119 Å². The van der Waals surface area contributed by atoms with Crippen molar-refractivity contribution in [3.63, 3.8) is 0 Å². The van der Waals surface area contributed by atoms with Gasteiger partial charge in [0.05, 0.1) is 110 Å². The van der Waals surface area contributed by atoms with Crippen LogP contribution in [0.25, 0.3) is 88.6 Å². The maximum absolute atomic E-state index is 15.1. The molecule has 4 aromatic carbocycles. The van der Waals surface area contributed by atoms with Crippen molar-refractivity contribution < 1.29 is 18.9 Å². The lowest BCUT2D eigenvalue weighted by atomic mass is 10.1. The molecule has 2 N–H and O–H groups in total. The van der Waals surface area contributed by atoms with E-state index in [9.17, 15) is 0 Å². The number of H-pyrrole nitrogens is 2. The zero-order valence-electron chi connectivity index (χ0n) is 43.9. The first-order valence-corrected chi connectivity index (χ1v) is 25.8. The minimum absolute atomic E-state index is 0.268. The van der Waals surface area contributed by atoms with Gasteiger partial charge in [-0.15, -0.1) is 0 Å². The highest BCUT2D eigenvalue weighted by molar-refractivity contribution is 6.10. The molecule has 2 aliphatic heterocycles. The van der Waals surface area contributed by atoms with Gasteiger partial charge in [-0.3, -0.25) is 19.2 Å². The summed E-state index contributed by atoms with van der Waals surface area (Å²) in [5.41, 5.74) is 7.66. The fraction of sp³-hybridized carbons (Fsp3) is 0.125. The van der Waals surface area contributed by atoms with Crippen molar-refractivity contribution in [3.05, 3.63) is 234 Å². The number of nitrogens with zero attached hydrogens (tertiary/aromatic N) is 6. The molecule has 16 nitrogen and oxygen atoms in total. The lowest BCUT2D eigenvalue weighted by molar-refractivity contribution is 0.414. The van der Waals surface area contributed by atoms with Crippen LogP contribution in [0.1, 0.15) is 22.3 Å². The second-order valence-corrected chi connectivity index (χ2v) is 19.8. The van der Waals surface area contributed by atoms with Gasteiger partial charge in [0.2, 0.25) is 0 Å². The molecule has 80 heavy (non-hydrogen) atoms. The van der Waals surface area contributed by atoms with Gasteiger partial charge in [0.1, 0.15) is 23.0 Å². The first kappa shape index (κ1) is 49.1. The topological polar surface area (TPSA) is 182 Å². The summed E-state index contributed by atoms with van der Waals surface area (Å²) in [5, 5.41) is 1.90. The molecule has 0 saturated carbocycles. The number of methoxy groups -OCH3 is 4. The van der Waals surface area contributed by atoms with E-state index in [1.54, 1.807) is 95.8 Å². The fourth-order valence-electron chi connectivity index (χ4n) is 10.9. The predicted octanol–water partition coefficient (Wildman–Crippen LogP) is 10.2. The van der Waals surface area contributed by atoms with Crippen LogP contribution in [0.15, 0.2) is 190 Å². The molecule has 11 aromatic rings. The summed E-state index contributed by atoms with van der Waals surface area (Å²) in [4.78, 5) is 77.7. The summed E-state index contributed by atoms with van der Waals surface area (Å²) in [6, 6.07) is 44.9. The third-order valence-electron chi connectivity index (χ3n) is 15.0. The smallest absolute Gasteiger partial charge is 0.261 e. The van der Waals surface area contributed by atoms with Crippen molar-refractivity contribution in [2.45, 2.75) is 26.2 Å². The summed E-state index contributed by atoms with van der Waals surface area (Å²) in [5.74, 6) is 2.79. The predicted molar refractivity (Wildman–Crippen MR) is 310 cm³/mol. The molecule has 8 bridgehead atoms. The quantitative estimate of drug-likeness (QED) is 0.119. The number of nitrogens with one attached hydrogen (secondary N) is 2. The van der Waals surface area contributed by atoms with Gasteiger partial charge in [0, 0.05) is 57.7 Å². The average molecular weight is 1060 g/mol. The third-order valence-corrected chi connectivity index (χ3v) is 15.0. The lowest BCUT2D eigenvalue weighted by Crippen LogP contribution is -2.21. The van der Waals surface area contributed by atoms with E-state index in [0.717, 1.165) is 22.3 Å². The van der Waals surface area contributed by atoms with Crippen LogP contribution < -0.4 is 41.2 Å². The number of hydrogen-bond acceptors (Lipinski definition) is 10. The van der Waals surface area contributed by atoms with E-state index in [0.29, 0.717) is 112 Å². The SMILES string of the molecule is COc1ccc(Cn2ccc3c(c2=O)-c2cc4[nH]c(cc5nc(cc6[nH]c(cc-3n2)c2c(=O)n(Cc3ccc(OC)cc3)ccc62)-c2c-5ccn(Cc3ccc(OC)cc3)c2=O)c2c(=O)n(Cc3ccc(OC)cc3)ccc42)cc1.